The normalized spacial score (nSPS) is 20.9. The monoisotopic (exact) mass is 767 g/mol. The number of aliphatic carboxylic acids is 1. The molecule has 1 aliphatic heterocycles. The lowest BCUT2D eigenvalue weighted by Gasteiger charge is -2.38. The number of carbonyl (C=O) groups excluding carboxylic acids is 2. The van der Waals surface area contributed by atoms with E-state index in [-0.39, 0.29) is 19.4 Å². The van der Waals surface area contributed by atoms with Crippen molar-refractivity contribution < 1.29 is 53.8 Å². The van der Waals surface area contributed by atoms with Crippen molar-refractivity contribution in [2.24, 2.45) is 0 Å². The molecule has 4 N–H and O–H groups in total. The maximum atomic E-state index is 12.7. The van der Waals surface area contributed by atoms with E-state index in [4.69, 9.17) is 18.9 Å². The first kappa shape index (κ1) is 49.4. The van der Waals surface area contributed by atoms with Gasteiger partial charge in [0.25, 0.3) is 0 Å². The van der Waals surface area contributed by atoms with Crippen LogP contribution in [-0.4, -0.2) is 88.4 Å². The molecule has 0 aromatic rings. The van der Waals surface area contributed by atoms with Crippen molar-refractivity contribution in [3.63, 3.8) is 0 Å². The van der Waals surface area contributed by atoms with E-state index in [0.717, 1.165) is 83.5 Å². The topological polar surface area (TPSA) is 169 Å². The van der Waals surface area contributed by atoms with Gasteiger partial charge in [0.1, 0.15) is 24.9 Å². The summed E-state index contributed by atoms with van der Waals surface area (Å²) in [6.45, 7) is 3.71. The van der Waals surface area contributed by atoms with E-state index in [1.165, 1.54) is 44.9 Å². The minimum absolute atomic E-state index is 0.170. The summed E-state index contributed by atoms with van der Waals surface area (Å²) in [5, 5.41) is 39.7. The van der Waals surface area contributed by atoms with E-state index in [1.54, 1.807) is 0 Å². The van der Waals surface area contributed by atoms with Crippen molar-refractivity contribution >= 4 is 17.9 Å². The molecule has 1 rings (SSSR count). The molecule has 0 aliphatic carbocycles. The van der Waals surface area contributed by atoms with Crippen LogP contribution >= 0.6 is 0 Å². The van der Waals surface area contributed by atoms with E-state index < -0.39 is 61.3 Å². The van der Waals surface area contributed by atoms with Gasteiger partial charge in [0.05, 0.1) is 6.61 Å². The quantitative estimate of drug-likeness (QED) is 0.0282. The minimum Gasteiger partial charge on any atom is -0.479 e. The molecule has 1 heterocycles. The average Bonchev–Trinajstić information content (AvgIpc) is 3.15. The van der Waals surface area contributed by atoms with Gasteiger partial charge in [0, 0.05) is 12.8 Å². The van der Waals surface area contributed by atoms with Crippen LogP contribution in [-0.2, 0) is 33.3 Å². The molecule has 0 bridgehead atoms. The summed E-state index contributed by atoms with van der Waals surface area (Å²) in [6.07, 6.45) is 27.7. The van der Waals surface area contributed by atoms with Crippen molar-refractivity contribution in [2.45, 2.75) is 205 Å². The van der Waals surface area contributed by atoms with Crippen LogP contribution in [0.2, 0.25) is 0 Å². The molecule has 0 amide bonds. The van der Waals surface area contributed by atoms with Crippen molar-refractivity contribution in [1.82, 2.24) is 0 Å². The van der Waals surface area contributed by atoms with Gasteiger partial charge >= 0.3 is 17.9 Å². The largest absolute Gasteiger partial charge is 0.479 e. The van der Waals surface area contributed by atoms with E-state index in [1.807, 2.05) is 0 Å². The molecule has 0 spiro atoms. The molecule has 312 valence electrons. The predicted molar refractivity (Wildman–Crippen MR) is 211 cm³/mol. The maximum absolute atomic E-state index is 12.7. The van der Waals surface area contributed by atoms with Crippen LogP contribution in [0, 0.1) is 0 Å². The Morgan fingerprint density at radius 2 is 1.07 bits per heavy atom. The second kappa shape index (κ2) is 33.7. The smallest absolute Gasteiger partial charge is 0.335 e. The summed E-state index contributed by atoms with van der Waals surface area (Å²) in [7, 11) is 0. The fourth-order valence-electron chi connectivity index (χ4n) is 6.09. The molecular formula is C43H74O11. The third kappa shape index (κ3) is 25.5. The van der Waals surface area contributed by atoms with E-state index in [0.29, 0.717) is 12.8 Å². The Labute approximate surface area is 325 Å². The van der Waals surface area contributed by atoms with E-state index >= 15 is 0 Å². The van der Waals surface area contributed by atoms with Crippen LogP contribution < -0.4 is 0 Å². The number of rotatable bonds is 34. The Morgan fingerprint density at radius 3 is 1.63 bits per heavy atom. The Balaban J connectivity index is 2.42. The molecule has 6 unspecified atom stereocenters. The van der Waals surface area contributed by atoms with E-state index in [2.05, 4.69) is 50.3 Å². The number of ether oxygens (including phenoxy) is 4. The lowest BCUT2D eigenvalue weighted by Crippen LogP contribution is -2.60. The third-order valence-electron chi connectivity index (χ3n) is 9.44. The van der Waals surface area contributed by atoms with Gasteiger partial charge in [-0.2, -0.15) is 0 Å². The number of allylic oxidation sites excluding steroid dienone is 6. The fourth-order valence-corrected chi connectivity index (χ4v) is 6.09. The summed E-state index contributed by atoms with van der Waals surface area (Å²) in [5.41, 5.74) is 0. The molecule has 0 aromatic heterocycles. The molecule has 0 aromatic carbocycles. The Morgan fingerprint density at radius 1 is 0.574 bits per heavy atom. The SMILES string of the molecule is CCC/C=C\C/C=C\CCCCCCCC(=O)OCC(COC1OC(C(=O)O)C(O)C(O)C1O)OC(=O)CCCCCCC/C=C\CCCCCCCC. The number of aliphatic hydroxyl groups is 3. The van der Waals surface area contributed by atoms with Crippen LogP contribution in [0.4, 0.5) is 0 Å². The van der Waals surface area contributed by atoms with Gasteiger partial charge in [-0.05, 0) is 64.2 Å². The Hall–Kier alpha value is -2.57. The molecule has 11 nitrogen and oxygen atoms in total. The zero-order chi connectivity index (χ0) is 39.7. The molecule has 11 heteroatoms. The number of carboxylic acids is 1. The summed E-state index contributed by atoms with van der Waals surface area (Å²) in [4.78, 5) is 36.7. The van der Waals surface area contributed by atoms with Gasteiger partial charge in [-0.1, -0.05) is 127 Å². The summed E-state index contributed by atoms with van der Waals surface area (Å²) in [5.74, 6) is -2.48. The first-order valence-electron chi connectivity index (χ1n) is 21.0. The third-order valence-corrected chi connectivity index (χ3v) is 9.44. The molecule has 0 radical (unpaired) electrons. The highest BCUT2D eigenvalue weighted by molar-refractivity contribution is 5.73. The van der Waals surface area contributed by atoms with Crippen molar-refractivity contribution in [3.8, 4) is 0 Å². The molecule has 1 fully saturated rings. The van der Waals surface area contributed by atoms with Crippen molar-refractivity contribution in [3.05, 3.63) is 36.5 Å². The van der Waals surface area contributed by atoms with Gasteiger partial charge in [-0.25, -0.2) is 4.79 Å². The van der Waals surface area contributed by atoms with Crippen LogP contribution in [0.25, 0.3) is 0 Å². The number of carboxylic acid groups (broad SMARTS) is 1. The standard InChI is InChI=1S/C43H74O11/c1-3-5-7-9-11-13-15-17-18-20-22-24-26-28-30-32-37(45)53-35(34-52-43-40(48)38(46)39(47)41(54-43)42(49)50)33-51-36(44)31-29-27-25-23-21-19-16-14-12-10-8-6-4-2/h8,10,14,16-18,35,38-41,43,46-48H,3-7,9,11-13,15,19-34H2,1-2H3,(H,49,50)/b10-8-,16-14-,18-17-. The second-order valence-corrected chi connectivity index (χ2v) is 14.5. The summed E-state index contributed by atoms with van der Waals surface area (Å²) < 4.78 is 21.7. The number of carbonyl (C=O) groups is 3. The van der Waals surface area contributed by atoms with Crippen molar-refractivity contribution in [1.29, 1.82) is 0 Å². The number of hydrogen-bond donors (Lipinski definition) is 4. The molecular weight excluding hydrogens is 692 g/mol. The molecule has 54 heavy (non-hydrogen) atoms. The molecule has 1 aliphatic rings. The number of unbranched alkanes of at least 4 members (excludes halogenated alkanes) is 17. The fraction of sp³-hybridized carbons (Fsp3) is 0.791. The molecule has 1 saturated heterocycles. The lowest BCUT2D eigenvalue weighted by atomic mass is 9.99. The number of hydrogen-bond acceptors (Lipinski definition) is 10. The summed E-state index contributed by atoms with van der Waals surface area (Å²) >= 11 is 0. The van der Waals surface area contributed by atoms with Crippen LogP contribution in [0.1, 0.15) is 168 Å². The average molecular weight is 767 g/mol. The Kier molecular flexibility index (Phi) is 30.9. The highest BCUT2D eigenvalue weighted by Crippen LogP contribution is 2.23. The van der Waals surface area contributed by atoms with Gasteiger partial charge in [0.15, 0.2) is 18.5 Å². The highest BCUT2D eigenvalue weighted by Gasteiger charge is 2.47. The zero-order valence-corrected chi connectivity index (χ0v) is 33.5. The highest BCUT2D eigenvalue weighted by atomic mass is 16.7. The van der Waals surface area contributed by atoms with Crippen molar-refractivity contribution in [2.75, 3.05) is 13.2 Å². The molecule has 6 atom stereocenters. The predicted octanol–water partition coefficient (Wildman–Crippen LogP) is 8.42. The number of aliphatic hydroxyl groups excluding tert-OH is 3. The Bertz CT molecular complexity index is 1040. The van der Waals surface area contributed by atoms with Crippen LogP contribution in [0.3, 0.4) is 0 Å². The van der Waals surface area contributed by atoms with Crippen LogP contribution in [0.5, 0.6) is 0 Å². The van der Waals surface area contributed by atoms with Gasteiger partial charge in [-0.3, -0.25) is 9.59 Å². The van der Waals surface area contributed by atoms with Gasteiger partial charge < -0.3 is 39.4 Å². The first-order valence-corrected chi connectivity index (χ1v) is 21.0. The first-order chi connectivity index (χ1) is 26.2. The summed E-state index contributed by atoms with van der Waals surface area (Å²) in [6, 6.07) is 0. The van der Waals surface area contributed by atoms with Gasteiger partial charge in [-0.15, -0.1) is 0 Å². The maximum Gasteiger partial charge on any atom is 0.335 e. The number of esters is 2. The molecule has 0 saturated carbocycles. The van der Waals surface area contributed by atoms with Crippen LogP contribution in [0.15, 0.2) is 36.5 Å². The zero-order valence-electron chi connectivity index (χ0n) is 33.5. The van der Waals surface area contributed by atoms with Gasteiger partial charge in [0.2, 0.25) is 0 Å². The van der Waals surface area contributed by atoms with E-state index in [9.17, 15) is 34.8 Å². The lowest BCUT2D eigenvalue weighted by molar-refractivity contribution is -0.298. The minimum atomic E-state index is -1.86. The second-order valence-electron chi connectivity index (χ2n) is 14.5.